The maximum Gasteiger partial charge on any atom is 0.119 e. The summed E-state index contributed by atoms with van der Waals surface area (Å²) in [6, 6.07) is 15.3. The standard InChI is InChI=1S/C17H19O2P/c1-3-11-19-15-9-10-16(13(2)12-15)20-17(18)14-7-5-4-6-8-14/h4-10,12,18H,3,11H2,1-2H3/p-1. The molecule has 0 spiro atoms. The lowest BCUT2D eigenvalue weighted by atomic mass is 10.2. The minimum Gasteiger partial charge on any atom is -0.823 e. The van der Waals surface area contributed by atoms with Crippen LogP contribution in [0, 0.1) is 6.92 Å². The van der Waals surface area contributed by atoms with Crippen molar-refractivity contribution in [3.63, 3.8) is 0 Å². The molecule has 3 heteroatoms. The fraction of sp³-hybridized carbons (Fsp3) is 0.235. The van der Waals surface area contributed by atoms with Crippen LogP contribution in [0.25, 0.3) is 0 Å². The normalized spacial score (nSPS) is 11.4. The molecule has 0 aliphatic heterocycles. The Morgan fingerprint density at radius 2 is 1.90 bits per heavy atom. The van der Waals surface area contributed by atoms with Gasteiger partial charge < -0.3 is 9.84 Å². The highest BCUT2D eigenvalue weighted by molar-refractivity contribution is 7.49. The molecule has 0 aliphatic rings. The Balaban J connectivity index is 2.21. The second-order valence-corrected chi connectivity index (χ2v) is 5.69. The molecule has 2 nitrogen and oxygen atoms in total. The van der Waals surface area contributed by atoms with E-state index in [0.29, 0.717) is 8.20 Å². The molecule has 0 aromatic heterocycles. The molecule has 2 aromatic rings. The van der Waals surface area contributed by atoms with Crippen molar-refractivity contribution in [3.8, 4) is 5.75 Å². The summed E-state index contributed by atoms with van der Waals surface area (Å²) in [5, 5.41) is 13.2. The first-order valence-corrected chi connectivity index (χ1v) is 7.64. The van der Waals surface area contributed by atoms with Gasteiger partial charge in [-0.25, -0.2) is 0 Å². The number of hydrogen-bond donors (Lipinski definition) is 0. The molecule has 104 valence electrons. The van der Waals surface area contributed by atoms with Gasteiger partial charge in [-0.1, -0.05) is 45.5 Å². The molecule has 0 radical (unpaired) electrons. The van der Waals surface area contributed by atoms with E-state index < -0.39 is 0 Å². The molecule has 0 unspecified atom stereocenters. The highest BCUT2D eigenvalue weighted by Gasteiger charge is 1.99. The van der Waals surface area contributed by atoms with Crippen molar-refractivity contribution >= 4 is 19.0 Å². The first-order chi connectivity index (χ1) is 9.70. The Hall–Kier alpha value is -1.63. The van der Waals surface area contributed by atoms with Gasteiger partial charge in [0.05, 0.1) is 6.61 Å². The van der Waals surface area contributed by atoms with E-state index in [9.17, 15) is 5.11 Å². The van der Waals surface area contributed by atoms with E-state index in [4.69, 9.17) is 4.74 Å². The summed E-state index contributed by atoms with van der Waals surface area (Å²) in [6.07, 6.45) is 0.992. The molecule has 0 fully saturated rings. The van der Waals surface area contributed by atoms with E-state index in [1.165, 1.54) is 0 Å². The van der Waals surface area contributed by atoms with Gasteiger partial charge in [-0.3, -0.25) is 0 Å². The Morgan fingerprint density at radius 3 is 2.55 bits per heavy atom. The van der Waals surface area contributed by atoms with E-state index in [-0.39, 0.29) is 5.48 Å². The molecule has 0 amide bonds. The molecule has 0 atom stereocenters. The third kappa shape index (κ3) is 3.93. The Bertz CT molecular complexity index is 591. The van der Waals surface area contributed by atoms with Crippen molar-refractivity contribution in [1.82, 2.24) is 0 Å². The monoisotopic (exact) mass is 285 g/mol. The van der Waals surface area contributed by atoms with Crippen molar-refractivity contribution in [2.45, 2.75) is 20.3 Å². The summed E-state index contributed by atoms with van der Waals surface area (Å²) in [7, 11) is 0.710. The predicted molar refractivity (Wildman–Crippen MR) is 84.1 cm³/mol. The maximum atomic E-state index is 12.2. The largest absolute Gasteiger partial charge is 0.823 e. The summed E-state index contributed by atoms with van der Waals surface area (Å²) >= 11 is 0. The molecular weight excluding hydrogens is 267 g/mol. The molecule has 0 saturated carbocycles. The Morgan fingerprint density at radius 1 is 1.15 bits per heavy atom. The molecule has 20 heavy (non-hydrogen) atoms. The number of benzene rings is 2. The van der Waals surface area contributed by atoms with Crippen LogP contribution in [0.2, 0.25) is 0 Å². The summed E-state index contributed by atoms with van der Waals surface area (Å²) in [6.45, 7) is 4.82. The van der Waals surface area contributed by atoms with E-state index in [0.717, 1.165) is 35.2 Å². The molecule has 0 heterocycles. The van der Waals surface area contributed by atoms with Crippen LogP contribution in [0.3, 0.4) is 0 Å². The van der Waals surface area contributed by atoms with Crippen LogP contribution >= 0.6 is 8.20 Å². The summed E-state index contributed by atoms with van der Waals surface area (Å²) in [5.74, 6) is 0.871. The van der Waals surface area contributed by atoms with Gasteiger partial charge in [0.25, 0.3) is 0 Å². The number of rotatable bonds is 5. The van der Waals surface area contributed by atoms with Gasteiger partial charge >= 0.3 is 0 Å². The van der Waals surface area contributed by atoms with Crippen molar-refractivity contribution in [1.29, 1.82) is 0 Å². The minimum atomic E-state index is 0.121. The smallest absolute Gasteiger partial charge is 0.119 e. The van der Waals surface area contributed by atoms with Gasteiger partial charge in [-0.15, -0.1) is 5.48 Å². The molecule has 0 bridgehead atoms. The topological polar surface area (TPSA) is 32.3 Å². The lowest BCUT2D eigenvalue weighted by Crippen LogP contribution is -2.18. The fourth-order valence-corrected chi connectivity index (χ4v) is 2.70. The highest BCUT2D eigenvalue weighted by atomic mass is 31.1. The number of hydrogen-bond acceptors (Lipinski definition) is 2. The SMILES string of the molecule is CCCOc1ccc(P=C([O-])c2ccccc2)c(C)c1. The Kier molecular flexibility index (Phi) is 5.34. The zero-order valence-corrected chi connectivity index (χ0v) is 12.7. The van der Waals surface area contributed by atoms with Crippen LogP contribution in [-0.2, 0) is 0 Å². The van der Waals surface area contributed by atoms with E-state index in [1.807, 2.05) is 55.5 Å². The molecule has 0 saturated heterocycles. The lowest BCUT2D eigenvalue weighted by molar-refractivity contribution is -0.207. The van der Waals surface area contributed by atoms with Gasteiger partial charge in [0.2, 0.25) is 0 Å². The van der Waals surface area contributed by atoms with Crippen LogP contribution in [0.1, 0.15) is 24.5 Å². The maximum absolute atomic E-state index is 12.2. The molecule has 2 rings (SSSR count). The van der Waals surface area contributed by atoms with Crippen LogP contribution in [-0.4, -0.2) is 12.1 Å². The van der Waals surface area contributed by atoms with Crippen LogP contribution in [0.4, 0.5) is 0 Å². The van der Waals surface area contributed by atoms with Gasteiger partial charge in [-0.05, 0) is 42.7 Å². The number of aryl methyl sites for hydroxylation is 1. The van der Waals surface area contributed by atoms with Crippen molar-refractivity contribution in [2.24, 2.45) is 0 Å². The average molecular weight is 285 g/mol. The predicted octanol–water partition coefficient (Wildman–Crippen LogP) is 2.89. The summed E-state index contributed by atoms with van der Waals surface area (Å²) in [5.41, 5.74) is 1.96. The molecule has 2 aromatic carbocycles. The highest BCUT2D eigenvalue weighted by Crippen LogP contribution is 2.16. The third-order valence-electron chi connectivity index (χ3n) is 2.88. The first kappa shape index (κ1) is 14.8. The summed E-state index contributed by atoms with van der Waals surface area (Å²) in [4.78, 5) is 0. The van der Waals surface area contributed by atoms with Gasteiger partial charge in [-0.2, -0.15) is 0 Å². The Labute approximate surface area is 121 Å². The number of ether oxygens (including phenoxy) is 1. The third-order valence-corrected chi connectivity index (χ3v) is 4.09. The van der Waals surface area contributed by atoms with Crippen LogP contribution < -0.4 is 15.1 Å². The van der Waals surface area contributed by atoms with Crippen LogP contribution in [0.15, 0.2) is 48.5 Å². The van der Waals surface area contributed by atoms with Gasteiger partial charge in [0, 0.05) is 5.30 Å². The fourth-order valence-electron chi connectivity index (χ4n) is 1.82. The van der Waals surface area contributed by atoms with E-state index in [2.05, 4.69) is 6.92 Å². The summed E-state index contributed by atoms with van der Waals surface area (Å²) < 4.78 is 5.59. The zero-order valence-electron chi connectivity index (χ0n) is 11.8. The van der Waals surface area contributed by atoms with Crippen molar-refractivity contribution < 1.29 is 9.84 Å². The van der Waals surface area contributed by atoms with Gasteiger partial charge in [0.15, 0.2) is 0 Å². The van der Waals surface area contributed by atoms with Crippen LogP contribution in [0.5, 0.6) is 5.75 Å². The minimum absolute atomic E-state index is 0.121. The van der Waals surface area contributed by atoms with Gasteiger partial charge in [0.1, 0.15) is 5.75 Å². The first-order valence-electron chi connectivity index (χ1n) is 6.75. The zero-order chi connectivity index (χ0) is 14.4. The molecular formula is C17H18O2P-. The van der Waals surface area contributed by atoms with E-state index in [1.54, 1.807) is 0 Å². The van der Waals surface area contributed by atoms with Crippen molar-refractivity contribution in [3.05, 3.63) is 59.7 Å². The quantitative estimate of drug-likeness (QED) is 0.791. The van der Waals surface area contributed by atoms with Crippen molar-refractivity contribution in [2.75, 3.05) is 6.61 Å². The molecule has 0 N–H and O–H groups in total. The van der Waals surface area contributed by atoms with E-state index >= 15 is 0 Å². The lowest BCUT2D eigenvalue weighted by Gasteiger charge is -2.13. The average Bonchev–Trinajstić information content (AvgIpc) is 2.48. The second-order valence-electron chi connectivity index (χ2n) is 4.58. The molecule has 0 aliphatic carbocycles. The second kappa shape index (κ2) is 7.23.